The highest BCUT2D eigenvalue weighted by Crippen LogP contribution is 2.27. The highest BCUT2D eigenvalue weighted by Gasteiger charge is 2.28. The molecule has 0 saturated carbocycles. The van der Waals surface area contributed by atoms with Crippen molar-refractivity contribution in [3.63, 3.8) is 0 Å². The van der Waals surface area contributed by atoms with Gasteiger partial charge in [0, 0.05) is 6.54 Å². The Bertz CT molecular complexity index is 169. The Hall–Kier alpha value is 0.390. The Morgan fingerprint density at radius 1 is 1.62 bits per heavy atom. The average molecular weight is 241 g/mol. The summed E-state index contributed by atoms with van der Waals surface area (Å²) in [5, 5.41) is 0. The molecular formula is C6H14NO3P3. The zero-order valence-corrected chi connectivity index (χ0v) is 10.5. The van der Waals surface area contributed by atoms with Crippen molar-refractivity contribution in [2.45, 2.75) is 18.9 Å². The predicted molar refractivity (Wildman–Crippen MR) is 60.7 cm³/mol. The molecule has 3 unspecified atom stereocenters. The SMILES string of the molecule is C=O.O=C(OPP)[C@@H]1CCCN1P. The van der Waals surface area contributed by atoms with Gasteiger partial charge in [0.15, 0.2) is 0 Å². The van der Waals surface area contributed by atoms with Gasteiger partial charge in [-0.2, -0.15) is 0 Å². The van der Waals surface area contributed by atoms with Crippen LogP contribution in [0.1, 0.15) is 12.8 Å². The van der Waals surface area contributed by atoms with Crippen molar-refractivity contribution in [3.05, 3.63) is 0 Å². The second-order valence-corrected chi connectivity index (χ2v) is 4.25. The number of rotatable bonds is 2. The molecule has 0 aromatic rings. The minimum atomic E-state index is -0.0918. The smallest absolute Gasteiger partial charge is 0.326 e. The van der Waals surface area contributed by atoms with Crippen LogP contribution in [0.4, 0.5) is 0 Å². The number of hydrogen-bond acceptors (Lipinski definition) is 4. The van der Waals surface area contributed by atoms with Gasteiger partial charge in [0.2, 0.25) is 0 Å². The summed E-state index contributed by atoms with van der Waals surface area (Å²) in [7, 11) is 5.15. The summed E-state index contributed by atoms with van der Waals surface area (Å²) >= 11 is 0. The first kappa shape index (κ1) is 13.4. The third-order valence-electron chi connectivity index (χ3n) is 1.73. The van der Waals surface area contributed by atoms with Gasteiger partial charge in [0.05, 0.1) is 8.50 Å². The van der Waals surface area contributed by atoms with Crippen LogP contribution >= 0.6 is 26.8 Å². The van der Waals surface area contributed by atoms with Crippen LogP contribution in [-0.2, 0) is 14.1 Å². The van der Waals surface area contributed by atoms with E-state index in [1.807, 2.05) is 11.5 Å². The zero-order valence-electron chi connectivity index (χ0n) is 7.23. The van der Waals surface area contributed by atoms with E-state index < -0.39 is 0 Å². The Kier molecular flexibility index (Phi) is 8.00. The van der Waals surface area contributed by atoms with E-state index >= 15 is 0 Å². The van der Waals surface area contributed by atoms with Crippen molar-refractivity contribution in [1.29, 1.82) is 0 Å². The Labute approximate surface area is 84.4 Å². The third kappa shape index (κ3) is 4.42. The summed E-state index contributed by atoms with van der Waals surface area (Å²) in [6.45, 7) is 2.98. The monoisotopic (exact) mass is 241 g/mol. The summed E-state index contributed by atoms with van der Waals surface area (Å²) < 4.78 is 6.86. The van der Waals surface area contributed by atoms with Crippen LogP contribution < -0.4 is 0 Å². The first-order valence-corrected chi connectivity index (χ1v) is 6.95. The molecule has 1 saturated heterocycles. The fourth-order valence-electron chi connectivity index (χ4n) is 1.17. The highest BCUT2D eigenvalue weighted by molar-refractivity contribution is 8.00. The van der Waals surface area contributed by atoms with Crippen molar-refractivity contribution in [3.8, 4) is 0 Å². The second kappa shape index (κ2) is 7.76. The number of nitrogens with zero attached hydrogens (tertiary/aromatic N) is 1. The summed E-state index contributed by atoms with van der Waals surface area (Å²) in [5.41, 5.74) is 0. The maximum Gasteiger partial charge on any atom is 0.326 e. The van der Waals surface area contributed by atoms with Crippen molar-refractivity contribution >= 4 is 39.6 Å². The van der Waals surface area contributed by atoms with Gasteiger partial charge < -0.3 is 9.32 Å². The molecule has 7 heteroatoms. The van der Waals surface area contributed by atoms with Gasteiger partial charge in [-0.15, -0.1) is 0 Å². The molecule has 0 spiro atoms. The molecular weight excluding hydrogens is 227 g/mol. The topological polar surface area (TPSA) is 46.6 Å². The van der Waals surface area contributed by atoms with Crippen LogP contribution in [0.2, 0.25) is 0 Å². The molecule has 0 bridgehead atoms. The standard InChI is InChI=1S/C5H12NO2P3.CH2O/c7-5(8-11-10)4-2-1-3-6(4)9;1-2/h4,11H,1-3,9-10H2;1H2/t4-;/m0./s1. The average Bonchev–Trinajstić information content (AvgIpc) is 2.55. The Morgan fingerprint density at radius 3 is 2.62 bits per heavy atom. The largest absolute Gasteiger partial charge is 0.443 e. The van der Waals surface area contributed by atoms with E-state index in [2.05, 4.69) is 18.3 Å². The summed E-state index contributed by atoms with van der Waals surface area (Å²) in [6.07, 6.45) is 2.01. The van der Waals surface area contributed by atoms with Crippen LogP contribution in [-0.4, -0.2) is 30.0 Å². The van der Waals surface area contributed by atoms with Crippen LogP contribution in [0.25, 0.3) is 0 Å². The Balaban J connectivity index is 0.000000671. The molecule has 0 radical (unpaired) electrons. The van der Waals surface area contributed by atoms with Gasteiger partial charge in [-0.25, -0.2) is 0 Å². The van der Waals surface area contributed by atoms with Gasteiger partial charge in [-0.3, -0.25) is 9.46 Å². The van der Waals surface area contributed by atoms with Crippen molar-refractivity contribution in [2.75, 3.05) is 6.54 Å². The minimum Gasteiger partial charge on any atom is -0.443 e. The molecule has 0 aromatic heterocycles. The molecule has 0 amide bonds. The summed E-state index contributed by atoms with van der Waals surface area (Å²) in [5.74, 6) is -0.0918. The lowest BCUT2D eigenvalue weighted by atomic mass is 10.2. The molecule has 13 heavy (non-hydrogen) atoms. The molecule has 76 valence electrons. The van der Waals surface area contributed by atoms with Gasteiger partial charge in [-0.1, -0.05) is 18.3 Å². The quantitative estimate of drug-likeness (QED) is 0.676. The normalized spacial score (nSPS) is 22.8. The molecule has 1 aliphatic heterocycles. The van der Waals surface area contributed by atoms with Crippen molar-refractivity contribution in [2.24, 2.45) is 0 Å². The van der Waals surface area contributed by atoms with Crippen molar-refractivity contribution in [1.82, 2.24) is 4.67 Å². The molecule has 4 nitrogen and oxygen atoms in total. The maximum absolute atomic E-state index is 11.2. The van der Waals surface area contributed by atoms with Gasteiger partial charge in [-0.05, 0) is 12.8 Å². The molecule has 0 N–H and O–H groups in total. The van der Waals surface area contributed by atoms with E-state index in [9.17, 15) is 4.79 Å². The maximum atomic E-state index is 11.2. The lowest BCUT2D eigenvalue weighted by Gasteiger charge is -2.16. The lowest BCUT2D eigenvalue weighted by Crippen LogP contribution is -2.28. The molecule has 1 rings (SSSR count). The van der Waals surface area contributed by atoms with Gasteiger partial charge in [0.1, 0.15) is 12.8 Å². The number of carbonyl (C=O) groups excluding carboxylic acids is 2. The molecule has 1 heterocycles. The van der Waals surface area contributed by atoms with E-state index in [0.717, 1.165) is 19.4 Å². The van der Waals surface area contributed by atoms with Crippen molar-refractivity contribution < 1.29 is 14.1 Å². The fourth-order valence-corrected chi connectivity index (χ4v) is 2.22. The highest BCUT2D eigenvalue weighted by atomic mass is 32.0. The molecule has 0 aromatic carbocycles. The van der Waals surface area contributed by atoms with E-state index in [0.29, 0.717) is 0 Å². The molecule has 1 fully saturated rings. The first-order valence-electron chi connectivity index (χ1n) is 3.72. The molecule has 0 aliphatic carbocycles. The van der Waals surface area contributed by atoms with Crippen LogP contribution in [0.5, 0.6) is 0 Å². The van der Waals surface area contributed by atoms with Crippen LogP contribution in [0, 0.1) is 0 Å². The first-order chi connectivity index (χ1) is 6.25. The van der Waals surface area contributed by atoms with Crippen LogP contribution in [0.15, 0.2) is 0 Å². The predicted octanol–water partition coefficient (Wildman–Crippen LogP) is 0.983. The molecule has 4 atom stereocenters. The lowest BCUT2D eigenvalue weighted by molar-refractivity contribution is -0.136. The van der Waals surface area contributed by atoms with E-state index in [1.165, 1.54) is 0 Å². The fraction of sp³-hybridized carbons (Fsp3) is 0.667. The molecule has 1 aliphatic rings. The second-order valence-electron chi connectivity index (χ2n) is 2.43. The third-order valence-corrected chi connectivity index (χ3v) is 3.02. The summed E-state index contributed by atoms with van der Waals surface area (Å²) in [6, 6.07) is -0.0203. The summed E-state index contributed by atoms with van der Waals surface area (Å²) in [4.78, 5) is 19.2. The van der Waals surface area contributed by atoms with E-state index in [-0.39, 0.29) is 20.5 Å². The van der Waals surface area contributed by atoms with Gasteiger partial charge in [0.25, 0.3) is 0 Å². The minimum absolute atomic E-state index is 0.0203. The van der Waals surface area contributed by atoms with E-state index in [1.54, 1.807) is 0 Å². The zero-order chi connectivity index (χ0) is 10.3. The number of hydrogen-bond donors (Lipinski definition) is 0. The van der Waals surface area contributed by atoms with Crippen LogP contribution in [0.3, 0.4) is 0 Å². The van der Waals surface area contributed by atoms with Gasteiger partial charge >= 0.3 is 5.97 Å². The number of carbonyl (C=O) groups is 2. The van der Waals surface area contributed by atoms with E-state index in [4.69, 9.17) is 9.32 Å². The Morgan fingerprint density at radius 2 is 2.23 bits per heavy atom.